The topological polar surface area (TPSA) is 65.4 Å². The summed E-state index contributed by atoms with van der Waals surface area (Å²) in [7, 11) is -0.439. The van der Waals surface area contributed by atoms with E-state index in [9.17, 15) is 4.79 Å². The second-order valence-electron chi connectivity index (χ2n) is 8.61. The number of carbonyl (C=O) groups is 1. The molecule has 1 amide bonds. The van der Waals surface area contributed by atoms with Crippen LogP contribution in [0.4, 0.5) is 0 Å². The van der Waals surface area contributed by atoms with Crippen molar-refractivity contribution in [2.75, 3.05) is 0 Å². The van der Waals surface area contributed by atoms with Crippen molar-refractivity contribution in [3.63, 3.8) is 0 Å². The molecule has 0 bridgehead atoms. The molecule has 1 spiro atoms. The Balaban J connectivity index is 1.57. The fourth-order valence-corrected chi connectivity index (χ4v) is 3.69. The molecular formula is C18H22BN3O3. The quantitative estimate of drug-likeness (QED) is 0.802. The summed E-state index contributed by atoms with van der Waals surface area (Å²) in [6.45, 7) is 8.91. The fourth-order valence-electron chi connectivity index (χ4n) is 3.69. The predicted molar refractivity (Wildman–Crippen MR) is 94.9 cm³/mol. The van der Waals surface area contributed by atoms with Crippen LogP contribution in [0, 0.1) is 0 Å². The third kappa shape index (κ3) is 2.12. The molecule has 1 aliphatic carbocycles. The second kappa shape index (κ2) is 4.45. The Morgan fingerprint density at radius 3 is 2.48 bits per heavy atom. The van der Waals surface area contributed by atoms with Crippen LogP contribution >= 0.6 is 0 Å². The molecule has 6 nitrogen and oxygen atoms in total. The number of benzene rings is 1. The Labute approximate surface area is 147 Å². The maximum atomic E-state index is 12.6. The van der Waals surface area contributed by atoms with Gasteiger partial charge in [-0.05, 0) is 52.1 Å². The lowest BCUT2D eigenvalue weighted by Crippen LogP contribution is -2.46. The first kappa shape index (κ1) is 15.4. The molecule has 2 fully saturated rings. The maximum absolute atomic E-state index is 12.6. The van der Waals surface area contributed by atoms with Crippen molar-refractivity contribution in [3.05, 3.63) is 23.9 Å². The zero-order chi connectivity index (χ0) is 17.6. The Kier molecular flexibility index (Phi) is 2.74. The van der Waals surface area contributed by atoms with E-state index in [0.717, 1.165) is 35.8 Å². The summed E-state index contributed by atoms with van der Waals surface area (Å²) in [5.41, 5.74) is 1.57. The first-order valence-electron chi connectivity index (χ1n) is 8.88. The largest absolute Gasteiger partial charge is 0.494 e. The predicted octanol–water partition coefficient (Wildman–Crippen LogP) is 1.61. The van der Waals surface area contributed by atoms with E-state index >= 15 is 0 Å². The van der Waals surface area contributed by atoms with Crippen LogP contribution in [-0.4, -0.2) is 39.5 Å². The summed E-state index contributed by atoms with van der Waals surface area (Å²) < 4.78 is 14.1. The number of rotatable bonds is 1. The van der Waals surface area contributed by atoms with E-state index in [-0.39, 0.29) is 22.6 Å². The minimum Gasteiger partial charge on any atom is -0.399 e. The average molecular weight is 339 g/mol. The first-order valence-corrected chi connectivity index (χ1v) is 8.88. The van der Waals surface area contributed by atoms with Crippen LogP contribution in [0.25, 0.3) is 10.9 Å². The number of carbonyl (C=O) groups excluding carboxylic acids is 1. The van der Waals surface area contributed by atoms with Gasteiger partial charge in [-0.15, -0.1) is 0 Å². The number of nitrogens with zero attached hydrogens (tertiary/aromatic N) is 2. The molecule has 2 aromatic rings. The van der Waals surface area contributed by atoms with Gasteiger partial charge in [0.1, 0.15) is 5.69 Å². The Morgan fingerprint density at radius 1 is 1.16 bits per heavy atom. The zero-order valence-corrected chi connectivity index (χ0v) is 15.0. The number of nitrogens with one attached hydrogen (secondary N) is 1. The molecule has 3 heterocycles. The third-order valence-electron chi connectivity index (χ3n) is 6.19. The normalized spacial score (nSPS) is 25.3. The molecule has 7 heteroatoms. The maximum Gasteiger partial charge on any atom is 0.494 e. The molecule has 1 saturated carbocycles. The number of aromatic nitrogens is 2. The minimum atomic E-state index is -0.439. The van der Waals surface area contributed by atoms with E-state index in [1.165, 1.54) is 0 Å². The second-order valence-corrected chi connectivity index (χ2v) is 8.61. The number of fused-ring (bicyclic) bond motifs is 3. The summed E-state index contributed by atoms with van der Waals surface area (Å²) in [5, 5.41) is 8.65. The molecule has 1 saturated heterocycles. The number of amides is 1. The highest BCUT2D eigenvalue weighted by molar-refractivity contribution is 6.62. The number of hydrogen-bond acceptors (Lipinski definition) is 4. The standard InChI is InChI=1S/C18H22BN3O3/c1-16(2)17(3,4)25-19(24-16)11-5-6-13-12(9-11)14-15(23)20-18(7-8-18)10-22(14)21-13/h5-6,9H,7-8,10H2,1-4H3,(H,20,23). The van der Waals surface area contributed by atoms with Gasteiger partial charge < -0.3 is 14.6 Å². The minimum absolute atomic E-state index is 0.0303. The molecule has 5 rings (SSSR count). The molecule has 0 atom stereocenters. The smallest absolute Gasteiger partial charge is 0.399 e. The van der Waals surface area contributed by atoms with E-state index in [1.54, 1.807) is 0 Å². The van der Waals surface area contributed by atoms with E-state index in [1.807, 2.05) is 50.6 Å². The van der Waals surface area contributed by atoms with E-state index in [0.29, 0.717) is 5.69 Å². The lowest BCUT2D eigenvalue weighted by molar-refractivity contribution is 0.00578. The highest BCUT2D eigenvalue weighted by atomic mass is 16.7. The van der Waals surface area contributed by atoms with Crippen molar-refractivity contribution in [1.82, 2.24) is 15.1 Å². The summed E-state index contributed by atoms with van der Waals surface area (Å²) in [6.07, 6.45) is 2.07. The van der Waals surface area contributed by atoms with Crippen molar-refractivity contribution in [3.8, 4) is 0 Å². The zero-order valence-electron chi connectivity index (χ0n) is 15.0. The van der Waals surface area contributed by atoms with Gasteiger partial charge in [-0.3, -0.25) is 9.48 Å². The Morgan fingerprint density at radius 2 is 1.84 bits per heavy atom. The summed E-state index contributed by atoms with van der Waals surface area (Å²) in [5.74, 6) is -0.0303. The molecule has 1 aromatic heterocycles. The molecule has 25 heavy (non-hydrogen) atoms. The lowest BCUT2D eigenvalue weighted by Gasteiger charge is -2.32. The highest BCUT2D eigenvalue weighted by Crippen LogP contribution is 2.41. The van der Waals surface area contributed by atoms with Crippen molar-refractivity contribution in [2.24, 2.45) is 0 Å². The Bertz CT molecular complexity index is 898. The van der Waals surface area contributed by atoms with Gasteiger partial charge in [0.05, 0.1) is 28.8 Å². The van der Waals surface area contributed by atoms with Crippen LogP contribution in [-0.2, 0) is 15.9 Å². The van der Waals surface area contributed by atoms with Gasteiger partial charge in [0.25, 0.3) is 5.91 Å². The van der Waals surface area contributed by atoms with Gasteiger partial charge >= 0.3 is 7.12 Å². The van der Waals surface area contributed by atoms with Crippen LogP contribution in [0.15, 0.2) is 18.2 Å². The SMILES string of the molecule is CC1(C)OB(c2ccc3nn4c(c3c2)C(=O)NC2(CC2)C4)OC1(C)C. The molecule has 130 valence electrons. The monoisotopic (exact) mass is 339 g/mol. The molecular weight excluding hydrogens is 317 g/mol. The summed E-state index contributed by atoms with van der Waals surface area (Å²) in [6, 6.07) is 5.92. The van der Waals surface area contributed by atoms with Crippen molar-refractivity contribution < 1.29 is 14.1 Å². The van der Waals surface area contributed by atoms with E-state index in [4.69, 9.17) is 9.31 Å². The van der Waals surface area contributed by atoms with Gasteiger partial charge in [-0.25, -0.2) is 0 Å². The van der Waals surface area contributed by atoms with Gasteiger partial charge in [0.15, 0.2) is 0 Å². The molecule has 0 radical (unpaired) electrons. The third-order valence-corrected chi connectivity index (χ3v) is 6.19. The van der Waals surface area contributed by atoms with Crippen LogP contribution in [0.3, 0.4) is 0 Å². The van der Waals surface area contributed by atoms with Crippen LogP contribution in [0.1, 0.15) is 51.0 Å². The van der Waals surface area contributed by atoms with Crippen molar-refractivity contribution >= 4 is 29.4 Å². The molecule has 0 unspecified atom stereocenters. The highest BCUT2D eigenvalue weighted by Gasteiger charge is 2.52. The van der Waals surface area contributed by atoms with Crippen LogP contribution in [0.5, 0.6) is 0 Å². The fraction of sp³-hybridized carbons (Fsp3) is 0.556. The Hall–Kier alpha value is -1.86. The van der Waals surface area contributed by atoms with Gasteiger partial charge in [-0.1, -0.05) is 12.1 Å². The molecule has 2 aliphatic heterocycles. The van der Waals surface area contributed by atoms with Gasteiger partial charge in [0.2, 0.25) is 0 Å². The van der Waals surface area contributed by atoms with Crippen molar-refractivity contribution in [2.45, 2.75) is 63.8 Å². The molecule has 1 N–H and O–H groups in total. The lowest BCUT2D eigenvalue weighted by atomic mass is 9.78. The van der Waals surface area contributed by atoms with E-state index < -0.39 is 7.12 Å². The molecule has 3 aliphatic rings. The number of hydrogen-bond donors (Lipinski definition) is 1. The van der Waals surface area contributed by atoms with E-state index in [2.05, 4.69) is 10.4 Å². The first-order chi connectivity index (χ1) is 11.7. The van der Waals surface area contributed by atoms with Crippen LogP contribution < -0.4 is 10.8 Å². The molecule has 1 aromatic carbocycles. The summed E-state index contributed by atoms with van der Waals surface area (Å²) >= 11 is 0. The summed E-state index contributed by atoms with van der Waals surface area (Å²) in [4.78, 5) is 12.6. The van der Waals surface area contributed by atoms with Crippen molar-refractivity contribution in [1.29, 1.82) is 0 Å². The van der Waals surface area contributed by atoms with Crippen LogP contribution in [0.2, 0.25) is 0 Å². The average Bonchev–Trinajstić information content (AvgIpc) is 3.06. The van der Waals surface area contributed by atoms with Gasteiger partial charge in [0, 0.05) is 5.39 Å². The van der Waals surface area contributed by atoms with Gasteiger partial charge in [-0.2, -0.15) is 5.10 Å².